The van der Waals surface area contributed by atoms with Gasteiger partial charge in [-0.25, -0.2) is 0 Å². The Balaban J connectivity index is 1.40. The average molecular weight is 356 g/mol. The lowest BCUT2D eigenvalue weighted by molar-refractivity contribution is 0.229. The molecule has 5 rings (SSSR count). The zero-order valence-corrected chi connectivity index (χ0v) is 14.9. The smallest absolute Gasteiger partial charge is 0.143 e. The molecular formula is C22H20N4O. The third kappa shape index (κ3) is 3.06. The fraction of sp³-hybridized carbons (Fsp3) is 0.182. The largest absolute Gasteiger partial charge is 0.360 e. The van der Waals surface area contributed by atoms with Crippen LogP contribution in [0.1, 0.15) is 16.9 Å². The molecule has 1 N–H and O–H groups in total. The number of nitrogens with zero attached hydrogens (tertiary/aromatic N) is 3. The van der Waals surface area contributed by atoms with Gasteiger partial charge >= 0.3 is 0 Å². The minimum Gasteiger partial charge on any atom is -0.360 e. The lowest BCUT2D eigenvalue weighted by atomic mass is 10.0. The van der Waals surface area contributed by atoms with Crippen molar-refractivity contribution in [3.05, 3.63) is 83.7 Å². The van der Waals surface area contributed by atoms with E-state index in [2.05, 4.69) is 56.7 Å². The molecule has 0 aliphatic carbocycles. The van der Waals surface area contributed by atoms with Gasteiger partial charge in [0, 0.05) is 42.7 Å². The Kier molecular flexibility index (Phi) is 4.07. The lowest BCUT2D eigenvalue weighted by Gasteiger charge is -2.26. The van der Waals surface area contributed by atoms with Crippen LogP contribution in [0.25, 0.3) is 22.5 Å². The van der Waals surface area contributed by atoms with Crippen LogP contribution in [0.5, 0.6) is 0 Å². The van der Waals surface area contributed by atoms with E-state index in [1.165, 1.54) is 11.1 Å². The Morgan fingerprint density at radius 2 is 1.70 bits per heavy atom. The quantitative estimate of drug-likeness (QED) is 0.593. The molecule has 2 aromatic carbocycles. The molecule has 2 aromatic heterocycles. The maximum absolute atomic E-state index is 5.62. The summed E-state index contributed by atoms with van der Waals surface area (Å²) in [5, 5.41) is 11.8. The number of H-pyrrole nitrogens is 1. The lowest BCUT2D eigenvalue weighted by Crippen LogP contribution is -2.29. The molecule has 0 fully saturated rings. The highest BCUT2D eigenvalue weighted by Gasteiger charge is 2.25. The van der Waals surface area contributed by atoms with Crippen LogP contribution in [0, 0.1) is 0 Å². The molecule has 5 nitrogen and oxygen atoms in total. The van der Waals surface area contributed by atoms with Gasteiger partial charge in [-0.05, 0) is 5.56 Å². The van der Waals surface area contributed by atoms with Gasteiger partial charge in [-0.2, -0.15) is 5.10 Å². The number of aromatic nitrogens is 3. The zero-order valence-electron chi connectivity index (χ0n) is 14.9. The Hall–Kier alpha value is -3.18. The summed E-state index contributed by atoms with van der Waals surface area (Å²) in [7, 11) is 0. The van der Waals surface area contributed by atoms with Crippen molar-refractivity contribution < 1.29 is 4.52 Å². The van der Waals surface area contributed by atoms with Crippen molar-refractivity contribution in [2.45, 2.75) is 19.5 Å². The minimum absolute atomic E-state index is 0.836. The van der Waals surface area contributed by atoms with Crippen LogP contribution in [0.4, 0.5) is 0 Å². The standard InChI is InChI=1S/C22H20N4O/c1-3-7-16(8-4-1)21-18(13-23-24-21)14-26-12-11-20-19(15-26)22(25-27-20)17-9-5-2-6-10-17/h1-10,13H,11-12,14-15H2,(H,23,24). The van der Waals surface area contributed by atoms with Crippen molar-refractivity contribution in [2.24, 2.45) is 0 Å². The second kappa shape index (κ2) is 6.85. The third-order valence-corrected chi connectivity index (χ3v) is 5.13. The van der Waals surface area contributed by atoms with Crippen LogP contribution >= 0.6 is 0 Å². The Morgan fingerprint density at radius 3 is 2.48 bits per heavy atom. The number of benzene rings is 2. The average Bonchev–Trinajstić information content (AvgIpc) is 3.36. The summed E-state index contributed by atoms with van der Waals surface area (Å²) < 4.78 is 5.62. The Bertz CT molecular complexity index is 1040. The molecule has 1 aliphatic rings. The summed E-state index contributed by atoms with van der Waals surface area (Å²) in [6.07, 6.45) is 2.82. The molecule has 0 radical (unpaired) electrons. The molecule has 4 aromatic rings. The summed E-state index contributed by atoms with van der Waals surface area (Å²) in [4.78, 5) is 2.43. The van der Waals surface area contributed by atoms with Gasteiger partial charge in [0.25, 0.3) is 0 Å². The fourth-order valence-corrected chi connectivity index (χ4v) is 3.75. The minimum atomic E-state index is 0.836. The van der Waals surface area contributed by atoms with Crippen molar-refractivity contribution in [1.82, 2.24) is 20.3 Å². The van der Waals surface area contributed by atoms with Crippen molar-refractivity contribution in [1.29, 1.82) is 0 Å². The molecule has 0 saturated heterocycles. The number of fused-ring (bicyclic) bond motifs is 1. The second-order valence-corrected chi connectivity index (χ2v) is 6.90. The first kappa shape index (κ1) is 16.0. The van der Waals surface area contributed by atoms with Gasteiger partial charge in [-0.1, -0.05) is 65.8 Å². The van der Waals surface area contributed by atoms with E-state index in [4.69, 9.17) is 4.52 Å². The Morgan fingerprint density at radius 1 is 0.963 bits per heavy atom. The van der Waals surface area contributed by atoms with Crippen LogP contribution in [0.2, 0.25) is 0 Å². The van der Waals surface area contributed by atoms with Gasteiger partial charge in [-0.3, -0.25) is 10.00 Å². The predicted molar refractivity (Wildman–Crippen MR) is 104 cm³/mol. The summed E-state index contributed by atoms with van der Waals surface area (Å²) >= 11 is 0. The first-order valence-corrected chi connectivity index (χ1v) is 9.21. The van der Waals surface area contributed by atoms with Crippen molar-refractivity contribution in [3.63, 3.8) is 0 Å². The van der Waals surface area contributed by atoms with Crippen molar-refractivity contribution >= 4 is 0 Å². The van der Waals surface area contributed by atoms with Crippen LogP contribution in [-0.2, 0) is 19.5 Å². The van der Waals surface area contributed by atoms with E-state index >= 15 is 0 Å². The molecule has 0 bridgehead atoms. The number of hydrogen-bond donors (Lipinski definition) is 1. The van der Waals surface area contributed by atoms with E-state index in [1.54, 1.807) is 0 Å². The van der Waals surface area contributed by atoms with E-state index in [9.17, 15) is 0 Å². The van der Waals surface area contributed by atoms with E-state index in [0.717, 1.165) is 54.3 Å². The molecule has 1 aliphatic heterocycles. The molecule has 0 amide bonds. The van der Waals surface area contributed by atoms with Gasteiger partial charge in [-0.15, -0.1) is 0 Å². The second-order valence-electron chi connectivity index (χ2n) is 6.90. The molecular weight excluding hydrogens is 336 g/mol. The van der Waals surface area contributed by atoms with Gasteiger partial charge in [0.2, 0.25) is 0 Å². The molecule has 0 saturated carbocycles. The number of hydrogen-bond acceptors (Lipinski definition) is 4. The molecule has 134 valence electrons. The topological polar surface area (TPSA) is 58.0 Å². The molecule has 0 atom stereocenters. The highest BCUT2D eigenvalue weighted by Crippen LogP contribution is 2.31. The van der Waals surface area contributed by atoms with E-state index in [-0.39, 0.29) is 0 Å². The molecule has 5 heteroatoms. The third-order valence-electron chi connectivity index (χ3n) is 5.13. The molecule has 0 spiro atoms. The predicted octanol–water partition coefficient (Wildman–Crippen LogP) is 4.29. The monoisotopic (exact) mass is 356 g/mol. The van der Waals surface area contributed by atoms with E-state index in [0.29, 0.717) is 0 Å². The van der Waals surface area contributed by atoms with Gasteiger partial charge in [0.1, 0.15) is 11.5 Å². The molecule has 3 heterocycles. The number of aromatic amines is 1. The van der Waals surface area contributed by atoms with Gasteiger partial charge in [0.15, 0.2) is 0 Å². The summed E-state index contributed by atoms with van der Waals surface area (Å²) in [5.41, 5.74) is 6.75. The van der Waals surface area contributed by atoms with Crippen LogP contribution in [0.3, 0.4) is 0 Å². The maximum Gasteiger partial charge on any atom is 0.143 e. The summed E-state index contributed by atoms with van der Waals surface area (Å²) in [5.74, 6) is 1.01. The van der Waals surface area contributed by atoms with Gasteiger partial charge in [0.05, 0.1) is 11.9 Å². The highest BCUT2D eigenvalue weighted by atomic mass is 16.5. The summed E-state index contributed by atoms with van der Waals surface area (Å²) in [6, 6.07) is 20.6. The highest BCUT2D eigenvalue weighted by molar-refractivity contribution is 5.64. The van der Waals surface area contributed by atoms with Crippen LogP contribution in [0.15, 0.2) is 71.4 Å². The number of rotatable bonds is 4. The SMILES string of the molecule is c1ccc(-c2noc3c2CN(Cc2cn[nH]c2-c2ccccc2)CC3)cc1. The molecule has 0 unspecified atom stereocenters. The maximum atomic E-state index is 5.62. The number of nitrogens with one attached hydrogen (secondary N) is 1. The van der Waals surface area contributed by atoms with Crippen LogP contribution < -0.4 is 0 Å². The first-order valence-electron chi connectivity index (χ1n) is 9.21. The van der Waals surface area contributed by atoms with Crippen LogP contribution in [-0.4, -0.2) is 26.8 Å². The summed E-state index contributed by atoms with van der Waals surface area (Å²) in [6.45, 7) is 2.64. The van der Waals surface area contributed by atoms with Crippen molar-refractivity contribution in [2.75, 3.05) is 6.54 Å². The van der Waals surface area contributed by atoms with E-state index < -0.39 is 0 Å². The Labute approximate surface area is 157 Å². The van der Waals surface area contributed by atoms with Gasteiger partial charge < -0.3 is 4.52 Å². The first-order chi connectivity index (χ1) is 13.4. The van der Waals surface area contributed by atoms with E-state index in [1.807, 2.05) is 30.5 Å². The molecule has 27 heavy (non-hydrogen) atoms. The zero-order chi connectivity index (χ0) is 18.1. The normalized spacial score (nSPS) is 14.2. The fourth-order valence-electron chi connectivity index (χ4n) is 3.75. The van der Waals surface area contributed by atoms with Crippen molar-refractivity contribution in [3.8, 4) is 22.5 Å².